The van der Waals surface area contributed by atoms with Gasteiger partial charge in [-0.05, 0) is 24.1 Å². The lowest BCUT2D eigenvalue weighted by atomic mass is 10.2. The van der Waals surface area contributed by atoms with Crippen LogP contribution in [0.15, 0.2) is 18.2 Å². The Labute approximate surface area is 105 Å². The zero-order valence-electron chi connectivity index (χ0n) is 9.09. The van der Waals surface area contributed by atoms with E-state index in [1.54, 1.807) is 18.2 Å². The summed E-state index contributed by atoms with van der Waals surface area (Å²) in [6, 6.07) is 4.83. The van der Waals surface area contributed by atoms with Crippen molar-refractivity contribution in [1.29, 1.82) is 0 Å². The van der Waals surface area contributed by atoms with Crippen molar-refractivity contribution in [1.82, 2.24) is 0 Å². The largest absolute Gasteiger partial charge is 0.449 e. The molecule has 0 aliphatic rings. The van der Waals surface area contributed by atoms with Crippen molar-refractivity contribution >= 4 is 35.0 Å². The molecular formula is C11H13Cl2NO2. The third-order valence-corrected chi connectivity index (χ3v) is 2.26. The van der Waals surface area contributed by atoms with Crippen LogP contribution in [0, 0.1) is 5.92 Å². The van der Waals surface area contributed by atoms with Crippen LogP contribution in [0.25, 0.3) is 0 Å². The van der Waals surface area contributed by atoms with E-state index >= 15 is 0 Å². The van der Waals surface area contributed by atoms with Gasteiger partial charge in [-0.25, -0.2) is 4.79 Å². The van der Waals surface area contributed by atoms with Crippen molar-refractivity contribution < 1.29 is 9.53 Å². The van der Waals surface area contributed by atoms with Gasteiger partial charge in [0.15, 0.2) is 0 Å². The van der Waals surface area contributed by atoms with E-state index in [1.165, 1.54) is 0 Å². The molecule has 0 unspecified atom stereocenters. The summed E-state index contributed by atoms with van der Waals surface area (Å²) in [4.78, 5) is 11.3. The van der Waals surface area contributed by atoms with E-state index < -0.39 is 6.09 Å². The Hall–Kier alpha value is -0.930. The fourth-order valence-electron chi connectivity index (χ4n) is 0.979. The third kappa shape index (κ3) is 4.29. The van der Waals surface area contributed by atoms with Gasteiger partial charge in [-0.3, -0.25) is 5.32 Å². The van der Waals surface area contributed by atoms with E-state index in [0.29, 0.717) is 28.3 Å². The van der Waals surface area contributed by atoms with E-state index in [1.807, 2.05) is 13.8 Å². The third-order valence-electron chi connectivity index (χ3n) is 1.72. The molecule has 0 bridgehead atoms. The summed E-state index contributed by atoms with van der Waals surface area (Å²) in [5.41, 5.74) is 0.486. The van der Waals surface area contributed by atoms with Crippen molar-refractivity contribution in [2.24, 2.45) is 5.92 Å². The zero-order chi connectivity index (χ0) is 12.1. The van der Waals surface area contributed by atoms with Gasteiger partial charge in [0, 0.05) is 5.02 Å². The van der Waals surface area contributed by atoms with E-state index in [4.69, 9.17) is 27.9 Å². The molecule has 0 heterocycles. The van der Waals surface area contributed by atoms with Crippen molar-refractivity contribution in [3.63, 3.8) is 0 Å². The summed E-state index contributed by atoms with van der Waals surface area (Å²) in [6.45, 7) is 4.29. The van der Waals surface area contributed by atoms with Crippen LogP contribution in [-0.4, -0.2) is 12.7 Å². The number of amides is 1. The van der Waals surface area contributed by atoms with Gasteiger partial charge in [-0.15, -0.1) is 0 Å². The number of hydrogen-bond acceptors (Lipinski definition) is 2. The van der Waals surface area contributed by atoms with E-state index in [0.717, 1.165) is 0 Å². The second-order valence-electron chi connectivity index (χ2n) is 3.74. The van der Waals surface area contributed by atoms with Gasteiger partial charge in [0.25, 0.3) is 0 Å². The van der Waals surface area contributed by atoms with Crippen LogP contribution in [0.4, 0.5) is 10.5 Å². The van der Waals surface area contributed by atoms with Crippen LogP contribution < -0.4 is 5.32 Å². The molecule has 1 amide bonds. The van der Waals surface area contributed by atoms with Gasteiger partial charge in [0.2, 0.25) is 0 Å². The van der Waals surface area contributed by atoms with E-state index in [-0.39, 0.29) is 0 Å². The molecule has 5 heteroatoms. The Morgan fingerprint density at radius 2 is 2.12 bits per heavy atom. The van der Waals surface area contributed by atoms with Crippen molar-refractivity contribution in [2.45, 2.75) is 13.8 Å². The van der Waals surface area contributed by atoms with Crippen molar-refractivity contribution in [3.8, 4) is 0 Å². The molecule has 16 heavy (non-hydrogen) atoms. The summed E-state index contributed by atoms with van der Waals surface area (Å²) >= 11 is 11.6. The number of hydrogen-bond donors (Lipinski definition) is 1. The molecule has 0 aliphatic carbocycles. The fourth-order valence-corrected chi connectivity index (χ4v) is 1.43. The number of nitrogens with one attached hydrogen (secondary N) is 1. The highest BCUT2D eigenvalue weighted by atomic mass is 35.5. The van der Waals surface area contributed by atoms with Gasteiger partial charge in [0.1, 0.15) is 0 Å². The molecule has 1 aromatic rings. The first-order chi connectivity index (χ1) is 7.49. The lowest BCUT2D eigenvalue weighted by Crippen LogP contribution is -2.16. The fraction of sp³-hybridized carbons (Fsp3) is 0.364. The maximum Gasteiger partial charge on any atom is 0.411 e. The average molecular weight is 262 g/mol. The summed E-state index contributed by atoms with van der Waals surface area (Å²) < 4.78 is 4.95. The Kier molecular flexibility index (Phi) is 4.90. The zero-order valence-corrected chi connectivity index (χ0v) is 10.6. The number of anilines is 1. The van der Waals surface area contributed by atoms with Crippen LogP contribution in [0.5, 0.6) is 0 Å². The van der Waals surface area contributed by atoms with E-state index in [9.17, 15) is 4.79 Å². The van der Waals surface area contributed by atoms with Crippen LogP contribution in [0.1, 0.15) is 13.8 Å². The number of ether oxygens (including phenoxy) is 1. The first-order valence-electron chi connectivity index (χ1n) is 4.88. The maximum absolute atomic E-state index is 11.3. The SMILES string of the molecule is CC(C)COC(=O)Nc1ccc(Cl)cc1Cl. The molecule has 88 valence electrons. The lowest BCUT2D eigenvalue weighted by Gasteiger charge is -2.09. The first-order valence-corrected chi connectivity index (χ1v) is 5.63. The van der Waals surface area contributed by atoms with Gasteiger partial charge in [-0.2, -0.15) is 0 Å². The highest BCUT2D eigenvalue weighted by Crippen LogP contribution is 2.25. The van der Waals surface area contributed by atoms with Gasteiger partial charge in [-0.1, -0.05) is 37.0 Å². The van der Waals surface area contributed by atoms with Gasteiger partial charge < -0.3 is 4.74 Å². The monoisotopic (exact) mass is 261 g/mol. The Morgan fingerprint density at radius 3 is 2.69 bits per heavy atom. The van der Waals surface area contributed by atoms with Crippen LogP contribution >= 0.6 is 23.2 Å². The van der Waals surface area contributed by atoms with Gasteiger partial charge >= 0.3 is 6.09 Å². The predicted molar refractivity (Wildman–Crippen MR) is 66.3 cm³/mol. The Morgan fingerprint density at radius 1 is 1.44 bits per heavy atom. The molecule has 0 saturated carbocycles. The van der Waals surface area contributed by atoms with Crippen molar-refractivity contribution in [3.05, 3.63) is 28.2 Å². The molecule has 0 aliphatic heterocycles. The summed E-state index contributed by atoms with van der Waals surface area (Å²) in [7, 11) is 0. The summed E-state index contributed by atoms with van der Waals surface area (Å²) in [5, 5.41) is 3.44. The second-order valence-corrected chi connectivity index (χ2v) is 4.59. The second kappa shape index (κ2) is 5.97. The number of carbonyl (C=O) groups excluding carboxylic acids is 1. The van der Waals surface area contributed by atoms with Crippen LogP contribution in [0.2, 0.25) is 10.0 Å². The topological polar surface area (TPSA) is 38.3 Å². The molecule has 0 atom stereocenters. The number of halogens is 2. The number of carbonyl (C=O) groups is 1. The standard InChI is InChI=1S/C11H13Cl2NO2/c1-7(2)6-16-11(15)14-10-4-3-8(12)5-9(10)13/h3-5,7H,6H2,1-2H3,(H,14,15). The first kappa shape index (κ1) is 13.1. The van der Waals surface area contributed by atoms with Crippen molar-refractivity contribution in [2.75, 3.05) is 11.9 Å². The highest BCUT2D eigenvalue weighted by Gasteiger charge is 2.07. The Bertz CT molecular complexity index is 380. The molecule has 0 saturated heterocycles. The normalized spacial score (nSPS) is 10.3. The molecule has 0 fully saturated rings. The number of benzene rings is 1. The smallest absolute Gasteiger partial charge is 0.411 e. The van der Waals surface area contributed by atoms with Gasteiger partial charge in [0.05, 0.1) is 17.3 Å². The summed E-state index contributed by atoms with van der Waals surface area (Å²) in [5.74, 6) is 0.298. The highest BCUT2D eigenvalue weighted by molar-refractivity contribution is 6.36. The van der Waals surface area contributed by atoms with Crippen LogP contribution in [0.3, 0.4) is 0 Å². The molecule has 3 nitrogen and oxygen atoms in total. The molecular weight excluding hydrogens is 249 g/mol. The molecule has 1 N–H and O–H groups in total. The minimum Gasteiger partial charge on any atom is -0.449 e. The maximum atomic E-state index is 11.3. The average Bonchev–Trinajstić information content (AvgIpc) is 2.19. The molecule has 0 aromatic heterocycles. The predicted octanol–water partition coefficient (Wildman–Crippen LogP) is 4.20. The number of rotatable bonds is 3. The molecule has 1 rings (SSSR count). The lowest BCUT2D eigenvalue weighted by molar-refractivity contribution is 0.147. The quantitative estimate of drug-likeness (QED) is 0.886. The Balaban J connectivity index is 2.56. The van der Waals surface area contributed by atoms with E-state index in [2.05, 4.69) is 5.32 Å². The molecule has 0 radical (unpaired) electrons. The molecule has 0 spiro atoms. The van der Waals surface area contributed by atoms with Crippen LogP contribution in [-0.2, 0) is 4.74 Å². The summed E-state index contributed by atoms with van der Waals surface area (Å²) in [6.07, 6.45) is -0.516. The minimum absolute atomic E-state index is 0.298. The minimum atomic E-state index is -0.516. The molecule has 1 aromatic carbocycles.